The molecule has 4 aromatic rings. The predicted molar refractivity (Wildman–Crippen MR) is 136 cm³/mol. The van der Waals surface area contributed by atoms with Crippen LogP contribution in [-0.4, -0.2) is 29.7 Å². The van der Waals surface area contributed by atoms with E-state index < -0.39 is 6.10 Å². The number of benzene rings is 3. The minimum absolute atomic E-state index is 0.113. The lowest BCUT2D eigenvalue weighted by molar-refractivity contribution is -0.137. The Morgan fingerprint density at radius 1 is 0.886 bits per heavy atom. The van der Waals surface area contributed by atoms with Crippen molar-refractivity contribution in [3.8, 4) is 5.75 Å². The van der Waals surface area contributed by atoms with Gasteiger partial charge in [-0.25, -0.2) is 0 Å². The summed E-state index contributed by atoms with van der Waals surface area (Å²) in [6.45, 7) is 1.73. The lowest BCUT2D eigenvalue weighted by Gasteiger charge is -2.31. The van der Waals surface area contributed by atoms with Gasteiger partial charge in [0.2, 0.25) is 5.91 Å². The molecule has 3 aromatic carbocycles. The van der Waals surface area contributed by atoms with E-state index in [0.29, 0.717) is 32.7 Å². The Balaban J connectivity index is 1.26. The first-order valence-electron chi connectivity index (χ1n) is 11.9. The van der Waals surface area contributed by atoms with Crippen molar-refractivity contribution in [3.63, 3.8) is 0 Å². The molecular formula is C29H28N2O4. The molecule has 6 nitrogen and oxygen atoms in total. The first-order chi connectivity index (χ1) is 17.2. The molecule has 6 heteroatoms. The highest BCUT2D eigenvalue weighted by Crippen LogP contribution is 2.28. The molecule has 2 unspecified atom stereocenters. The number of carbonyl (C=O) groups excluding carboxylic acids is 1. The van der Waals surface area contributed by atoms with Crippen LogP contribution in [0, 0.1) is 0 Å². The summed E-state index contributed by atoms with van der Waals surface area (Å²) >= 11 is 0. The Morgan fingerprint density at radius 3 is 2.51 bits per heavy atom. The van der Waals surface area contributed by atoms with Crippen molar-refractivity contribution in [1.82, 2.24) is 9.88 Å². The molecule has 1 aliphatic rings. The Kier molecular flexibility index (Phi) is 6.91. The van der Waals surface area contributed by atoms with E-state index in [2.05, 4.69) is 29.6 Å². The molecule has 1 amide bonds. The van der Waals surface area contributed by atoms with Gasteiger partial charge in [0.25, 0.3) is 5.56 Å². The summed E-state index contributed by atoms with van der Waals surface area (Å²) in [6, 6.07) is 27.4. The Hall–Kier alpha value is -3.90. The number of hydrogen-bond donors (Lipinski definition) is 1. The number of ether oxygens (including phenoxy) is 2. The lowest BCUT2D eigenvalue weighted by Crippen LogP contribution is -2.46. The third-order valence-corrected chi connectivity index (χ3v) is 6.41. The third-order valence-electron chi connectivity index (χ3n) is 6.41. The van der Waals surface area contributed by atoms with Crippen molar-refractivity contribution in [1.29, 1.82) is 0 Å². The minimum atomic E-state index is -0.646. The van der Waals surface area contributed by atoms with E-state index >= 15 is 0 Å². The highest BCUT2D eigenvalue weighted by atomic mass is 16.5. The number of amides is 1. The SMILES string of the molecule is O=C1NCCC(c2ccn(CCOc3ccccc3)c(=O)c2)C1OCc1ccc2ccccc2c1. The van der Waals surface area contributed by atoms with E-state index in [1.807, 2.05) is 54.6 Å². The second-order valence-electron chi connectivity index (χ2n) is 8.75. The van der Waals surface area contributed by atoms with Crippen molar-refractivity contribution in [2.24, 2.45) is 0 Å². The largest absolute Gasteiger partial charge is 0.492 e. The van der Waals surface area contributed by atoms with Crippen LogP contribution in [0.4, 0.5) is 0 Å². The number of piperidine rings is 1. The molecule has 1 saturated heterocycles. The van der Waals surface area contributed by atoms with Gasteiger partial charge in [-0.05, 0) is 52.6 Å². The molecule has 0 bridgehead atoms. The van der Waals surface area contributed by atoms with E-state index in [1.165, 1.54) is 5.39 Å². The monoisotopic (exact) mass is 468 g/mol. The summed E-state index contributed by atoms with van der Waals surface area (Å²) in [6.07, 6.45) is 1.85. The number of hydrogen-bond acceptors (Lipinski definition) is 4. The van der Waals surface area contributed by atoms with Gasteiger partial charge in [0.05, 0.1) is 13.2 Å². The normalized spacial score (nSPS) is 17.8. The van der Waals surface area contributed by atoms with Gasteiger partial charge >= 0.3 is 0 Å². The summed E-state index contributed by atoms with van der Waals surface area (Å²) in [5.74, 6) is 0.464. The zero-order chi connectivity index (χ0) is 24.0. The maximum absolute atomic E-state index is 12.8. The number of fused-ring (bicyclic) bond motifs is 1. The minimum Gasteiger partial charge on any atom is -0.492 e. The van der Waals surface area contributed by atoms with Gasteiger partial charge in [-0.3, -0.25) is 9.59 Å². The van der Waals surface area contributed by atoms with Crippen LogP contribution in [0.3, 0.4) is 0 Å². The fourth-order valence-electron chi connectivity index (χ4n) is 4.55. The molecule has 178 valence electrons. The molecule has 0 aliphatic carbocycles. The van der Waals surface area contributed by atoms with Gasteiger partial charge in [-0.2, -0.15) is 0 Å². The molecule has 0 radical (unpaired) electrons. The Labute approximate surface area is 204 Å². The van der Waals surface area contributed by atoms with Crippen LogP contribution >= 0.6 is 0 Å². The molecule has 5 rings (SSSR count). The van der Waals surface area contributed by atoms with Crippen LogP contribution in [0.2, 0.25) is 0 Å². The van der Waals surface area contributed by atoms with Crippen LogP contribution in [0.5, 0.6) is 5.75 Å². The average Bonchev–Trinajstić information content (AvgIpc) is 2.89. The van der Waals surface area contributed by atoms with Crippen LogP contribution in [-0.2, 0) is 22.7 Å². The van der Waals surface area contributed by atoms with Gasteiger partial charge in [-0.15, -0.1) is 0 Å². The summed E-state index contributed by atoms with van der Waals surface area (Å²) in [5.41, 5.74) is 1.72. The number of nitrogens with one attached hydrogen (secondary N) is 1. The first kappa shape index (κ1) is 22.9. The second kappa shape index (κ2) is 10.6. The molecule has 0 spiro atoms. The Morgan fingerprint density at radius 2 is 1.69 bits per heavy atom. The van der Waals surface area contributed by atoms with Gasteiger partial charge < -0.3 is 19.4 Å². The number of para-hydroxylation sites is 1. The maximum Gasteiger partial charge on any atom is 0.250 e. The van der Waals surface area contributed by atoms with Gasteiger partial charge in [0.1, 0.15) is 18.5 Å². The average molecular weight is 469 g/mol. The molecule has 2 atom stereocenters. The number of nitrogens with zero attached hydrogens (tertiary/aromatic N) is 1. The van der Waals surface area contributed by atoms with Crippen LogP contribution in [0.1, 0.15) is 23.5 Å². The van der Waals surface area contributed by atoms with Gasteiger partial charge in [0, 0.05) is 24.7 Å². The molecule has 1 N–H and O–H groups in total. The number of pyridine rings is 1. The smallest absolute Gasteiger partial charge is 0.250 e. The van der Waals surface area contributed by atoms with E-state index in [-0.39, 0.29) is 17.4 Å². The van der Waals surface area contributed by atoms with Crippen molar-refractivity contribution >= 4 is 16.7 Å². The fourth-order valence-corrected chi connectivity index (χ4v) is 4.55. The highest BCUT2D eigenvalue weighted by Gasteiger charge is 2.34. The fraction of sp³-hybridized carbons (Fsp3) is 0.241. The number of aromatic nitrogens is 1. The van der Waals surface area contributed by atoms with Crippen LogP contribution in [0.15, 0.2) is 95.9 Å². The highest BCUT2D eigenvalue weighted by molar-refractivity contribution is 5.83. The van der Waals surface area contributed by atoms with E-state index in [9.17, 15) is 9.59 Å². The van der Waals surface area contributed by atoms with E-state index in [0.717, 1.165) is 22.3 Å². The third kappa shape index (κ3) is 5.44. The molecule has 0 saturated carbocycles. The first-order valence-corrected chi connectivity index (χ1v) is 11.9. The zero-order valence-electron chi connectivity index (χ0n) is 19.4. The summed E-state index contributed by atoms with van der Waals surface area (Å²) in [7, 11) is 0. The van der Waals surface area contributed by atoms with Gasteiger partial charge in [0.15, 0.2) is 0 Å². The van der Waals surface area contributed by atoms with Crippen molar-refractivity contribution < 1.29 is 14.3 Å². The molecule has 1 fully saturated rings. The Bertz CT molecular complexity index is 1370. The zero-order valence-corrected chi connectivity index (χ0v) is 19.4. The van der Waals surface area contributed by atoms with Gasteiger partial charge in [-0.1, -0.05) is 54.6 Å². The summed E-state index contributed by atoms with van der Waals surface area (Å²) < 4.78 is 13.5. The number of carbonyl (C=O) groups is 1. The number of rotatable bonds is 8. The standard InChI is InChI=1S/C29H28N2O4/c32-27-19-24(13-15-31(27)16-17-34-25-8-2-1-3-9-25)26-12-14-30-29(33)28(26)35-20-21-10-11-22-6-4-5-7-23(22)18-21/h1-11,13,15,18-19,26,28H,12,14,16-17,20H2,(H,30,33). The topological polar surface area (TPSA) is 69.6 Å². The van der Waals surface area contributed by atoms with Crippen LogP contribution < -0.4 is 15.6 Å². The lowest BCUT2D eigenvalue weighted by atomic mass is 9.87. The quantitative estimate of drug-likeness (QED) is 0.419. The second-order valence-corrected chi connectivity index (χ2v) is 8.75. The molecular weight excluding hydrogens is 440 g/mol. The van der Waals surface area contributed by atoms with Crippen LogP contribution in [0.25, 0.3) is 10.8 Å². The van der Waals surface area contributed by atoms with Crippen molar-refractivity contribution in [2.75, 3.05) is 13.2 Å². The maximum atomic E-state index is 12.8. The van der Waals surface area contributed by atoms with Crippen molar-refractivity contribution in [3.05, 3.63) is 113 Å². The molecule has 2 heterocycles. The predicted octanol–water partition coefficient (Wildman–Crippen LogP) is 4.27. The van der Waals surface area contributed by atoms with E-state index in [1.54, 1.807) is 16.8 Å². The van der Waals surface area contributed by atoms with E-state index in [4.69, 9.17) is 9.47 Å². The summed E-state index contributed by atoms with van der Waals surface area (Å²) in [4.78, 5) is 25.5. The molecule has 1 aliphatic heterocycles. The molecule has 1 aromatic heterocycles. The molecule has 35 heavy (non-hydrogen) atoms. The van der Waals surface area contributed by atoms with Crippen molar-refractivity contribution in [2.45, 2.75) is 31.6 Å². The summed E-state index contributed by atoms with van der Waals surface area (Å²) in [5, 5.41) is 5.21.